The average molecular weight is 378 g/mol. The van der Waals surface area contributed by atoms with E-state index in [1.807, 2.05) is 5.01 Å². The van der Waals surface area contributed by atoms with Crippen LogP contribution in [0.25, 0.3) is 0 Å². The van der Waals surface area contributed by atoms with Gasteiger partial charge in [0.05, 0.1) is 11.1 Å². The van der Waals surface area contributed by atoms with Crippen LogP contribution in [-0.2, 0) is 0 Å². The second-order valence-electron chi connectivity index (χ2n) is 7.80. The molecule has 1 N–H and O–H groups in total. The number of hydrogen-bond donors (Lipinski definition) is 1. The van der Waals surface area contributed by atoms with Crippen molar-refractivity contribution in [2.24, 2.45) is 11.0 Å². The van der Waals surface area contributed by atoms with Crippen molar-refractivity contribution >= 4 is 16.8 Å². The fraction of sp³-hybridized carbons (Fsp3) is 0.571. The van der Waals surface area contributed by atoms with Gasteiger partial charge in [-0.15, -0.1) is 0 Å². The van der Waals surface area contributed by atoms with Gasteiger partial charge in [0, 0.05) is 19.8 Å². The molecule has 0 fully saturated rings. The molecule has 1 aliphatic rings. The summed E-state index contributed by atoms with van der Waals surface area (Å²) in [7, 11) is 4.10. The Bertz CT molecular complexity index is 622. The van der Waals surface area contributed by atoms with Crippen LogP contribution in [0.2, 0.25) is 0 Å². The maximum absolute atomic E-state index is 10.2. The first-order valence-corrected chi connectivity index (χ1v) is 9.95. The predicted octanol–water partition coefficient (Wildman–Crippen LogP) is 4.97. The molecular weight excluding hydrogens is 342 g/mol. The molecule has 0 aromatic rings. The zero-order chi connectivity index (χ0) is 20.1. The van der Waals surface area contributed by atoms with Crippen molar-refractivity contribution in [3.8, 4) is 0 Å². The highest BCUT2D eigenvalue weighted by molar-refractivity contribution is 8.17. The van der Waals surface area contributed by atoms with Crippen molar-refractivity contribution in [1.29, 1.82) is 0 Å². The van der Waals surface area contributed by atoms with E-state index in [1.54, 1.807) is 13.8 Å². The van der Waals surface area contributed by atoms with Crippen LogP contribution in [0.4, 0.5) is 0 Å². The number of thioether (sulfide) groups is 1. The molecule has 0 saturated carbocycles. The average Bonchev–Trinajstić information content (AvgIpc) is 2.88. The molecule has 5 heteroatoms. The summed E-state index contributed by atoms with van der Waals surface area (Å²) in [5.74, 6) is 0.529. The quantitative estimate of drug-likeness (QED) is 0.606. The molecule has 26 heavy (non-hydrogen) atoms. The summed E-state index contributed by atoms with van der Waals surface area (Å²) in [4.78, 5) is 2.12. The standard InChI is InChI=1S/C21H35N3OS/c1-10-19(23(8)9)16(4)12-11-13-18(14-15(2)3)24-17(5)26-20(22-24)21(6,7)25/h10-13,15,18,25H,5,14H2,1-4,6-9H3/b13-11+,16-12-,19-10+. The Kier molecular flexibility index (Phi) is 8.22. The van der Waals surface area contributed by atoms with Crippen LogP contribution in [0.1, 0.15) is 48.0 Å². The molecule has 146 valence electrons. The third-order valence-electron chi connectivity index (χ3n) is 4.06. The lowest BCUT2D eigenvalue weighted by atomic mass is 10.0. The Labute approximate surface area is 164 Å². The number of nitrogens with zero attached hydrogens (tertiary/aromatic N) is 3. The van der Waals surface area contributed by atoms with Crippen LogP contribution in [0.3, 0.4) is 0 Å². The highest BCUT2D eigenvalue weighted by Crippen LogP contribution is 2.36. The van der Waals surface area contributed by atoms with Gasteiger partial charge in [0.15, 0.2) is 0 Å². The molecule has 1 unspecified atom stereocenters. The summed E-state index contributed by atoms with van der Waals surface area (Å²) in [6, 6.07) is 0.118. The molecule has 0 spiro atoms. The van der Waals surface area contributed by atoms with Gasteiger partial charge in [-0.25, -0.2) is 0 Å². The minimum atomic E-state index is -0.947. The topological polar surface area (TPSA) is 39.1 Å². The van der Waals surface area contributed by atoms with E-state index in [-0.39, 0.29) is 6.04 Å². The Morgan fingerprint density at radius 1 is 1.38 bits per heavy atom. The van der Waals surface area contributed by atoms with Gasteiger partial charge < -0.3 is 10.0 Å². The minimum absolute atomic E-state index is 0.118. The van der Waals surface area contributed by atoms with E-state index in [1.165, 1.54) is 23.0 Å². The second kappa shape index (κ2) is 9.47. The smallest absolute Gasteiger partial charge is 0.131 e. The number of hydrogen-bond acceptors (Lipinski definition) is 5. The normalized spacial score (nSPS) is 18.2. The van der Waals surface area contributed by atoms with Gasteiger partial charge in [0.25, 0.3) is 0 Å². The first-order valence-electron chi connectivity index (χ1n) is 9.13. The van der Waals surface area contributed by atoms with E-state index in [2.05, 4.69) is 82.7 Å². The zero-order valence-electron chi connectivity index (χ0n) is 17.6. The lowest BCUT2D eigenvalue weighted by molar-refractivity contribution is 0.155. The Hall–Kier alpha value is -1.46. The first-order chi connectivity index (χ1) is 12.0. The van der Waals surface area contributed by atoms with Crippen molar-refractivity contribution in [2.75, 3.05) is 14.1 Å². The second-order valence-corrected chi connectivity index (χ2v) is 8.87. The van der Waals surface area contributed by atoms with E-state index < -0.39 is 5.60 Å². The molecule has 4 nitrogen and oxygen atoms in total. The maximum Gasteiger partial charge on any atom is 0.131 e. The number of allylic oxidation sites excluding steroid dienone is 4. The number of rotatable bonds is 8. The molecule has 0 bridgehead atoms. The molecule has 0 amide bonds. The number of likely N-dealkylation sites (N-methyl/N-ethyl adjacent to an activating group) is 1. The monoisotopic (exact) mass is 377 g/mol. The van der Waals surface area contributed by atoms with Gasteiger partial charge in [0.1, 0.15) is 10.6 Å². The van der Waals surface area contributed by atoms with Gasteiger partial charge in [-0.05, 0) is 45.6 Å². The third kappa shape index (κ3) is 6.36. The van der Waals surface area contributed by atoms with Gasteiger partial charge in [-0.2, -0.15) is 5.10 Å². The molecule has 0 aromatic carbocycles. The van der Waals surface area contributed by atoms with Crippen molar-refractivity contribution in [1.82, 2.24) is 9.91 Å². The summed E-state index contributed by atoms with van der Waals surface area (Å²) < 4.78 is 0. The van der Waals surface area contributed by atoms with Crippen LogP contribution in [0, 0.1) is 5.92 Å². The summed E-state index contributed by atoms with van der Waals surface area (Å²) in [5.41, 5.74) is 1.48. The molecule has 0 aliphatic carbocycles. The van der Waals surface area contributed by atoms with Crippen LogP contribution < -0.4 is 0 Å². The van der Waals surface area contributed by atoms with Gasteiger partial charge in [-0.3, -0.25) is 5.01 Å². The lowest BCUT2D eigenvalue weighted by Crippen LogP contribution is -2.29. The van der Waals surface area contributed by atoms with Gasteiger partial charge in [0.2, 0.25) is 0 Å². The highest BCUT2D eigenvalue weighted by Gasteiger charge is 2.33. The molecule has 0 radical (unpaired) electrons. The SMILES string of the molecule is C=C1SC(C(C)(C)O)=NN1C(/C=C/C=C(C)\C(=C/C)N(C)C)CC(C)C. The van der Waals surface area contributed by atoms with Crippen molar-refractivity contribution in [2.45, 2.75) is 59.6 Å². The summed E-state index contributed by atoms with van der Waals surface area (Å²) in [6.45, 7) is 16.2. The van der Waals surface area contributed by atoms with Crippen molar-refractivity contribution < 1.29 is 5.11 Å². The summed E-state index contributed by atoms with van der Waals surface area (Å²) in [6.07, 6.45) is 9.50. The van der Waals surface area contributed by atoms with Crippen LogP contribution in [0.5, 0.6) is 0 Å². The minimum Gasteiger partial charge on any atom is -0.383 e. The van der Waals surface area contributed by atoms with E-state index in [0.717, 1.165) is 11.4 Å². The zero-order valence-corrected chi connectivity index (χ0v) is 18.4. The fourth-order valence-corrected chi connectivity index (χ4v) is 3.71. The van der Waals surface area contributed by atoms with Crippen molar-refractivity contribution in [3.63, 3.8) is 0 Å². The molecule has 1 atom stereocenters. The van der Waals surface area contributed by atoms with E-state index >= 15 is 0 Å². The molecular formula is C21H35N3OS. The van der Waals surface area contributed by atoms with Gasteiger partial charge in [-0.1, -0.05) is 56.5 Å². The Morgan fingerprint density at radius 3 is 2.42 bits per heavy atom. The highest BCUT2D eigenvalue weighted by atomic mass is 32.2. The Balaban J connectivity index is 3.05. The van der Waals surface area contributed by atoms with E-state index in [4.69, 9.17) is 0 Å². The lowest BCUT2D eigenvalue weighted by Gasteiger charge is -2.25. The van der Waals surface area contributed by atoms with Crippen LogP contribution in [-0.4, -0.2) is 45.8 Å². The van der Waals surface area contributed by atoms with E-state index in [9.17, 15) is 5.11 Å². The predicted molar refractivity (Wildman–Crippen MR) is 116 cm³/mol. The fourth-order valence-electron chi connectivity index (χ4n) is 2.83. The van der Waals surface area contributed by atoms with Crippen LogP contribution >= 0.6 is 11.8 Å². The summed E-state index contributed by atoms with van der Waals surface area (Å²) in [5, 5.41) is 18.4. The molecule has 1 heterocycles. The third-order valence-corrected chi connectivity index (χ3v) is 5.25. The Morgan fingerprint density at radius 2 is 2.00 bits per heavy atom. The molecule has 0 saturated heterocycles. The van der Waals surface area contributed by atoms with Crippen LogP contribution in [0.15, 0.2) is 52.3 Å². The molecule has 1 aliphatic heterocycles. The number of hydrazone groups is 1. The molecule has 0 aromatic heterocycles. The number of aliphatic hydroxyl groups is 1. The molecule has 1 rings (SSSR count). The van der Waals surface area contributed by atoms with E-state index in [0.29, 0.717) is 11.0 Å². The first kappa shape index (κ1) is 22.6. The largest absolute Gasteiger partial charge is 0.383 e. The van der Waals surface area contributed by atoms with Crippen molar-refractivity contribution in [3.05, 3.63) is 47.2 Å². The van der Waals surface area contributed by atoms with Gasteiger partial charge >= 0.3 is 0 Å². The maximum atomic E-state index is 10.2. The summed E-state index contributed by atoms with van der Waals surface area (Å²) >= 11 is 1.45.